The molecule has 0 aromatic heterocycles. The van der Waals surface area contributed by atoms with E-state index in [1.165, 1.54) is 18.2 Å². The van der Waals surface area contributed by atoms with Gasteiger partial charge in [0.1, 0.15) is 0 Å². The van der Waals surface area contributed by atoms with E-state index in [4.69, 9.17) is 0 Å². The van der Waals surface area contributed by atoms with Gasteiger partial charge >= 0.3 is 0 Å². The van der Waals surface area contributed by atoms with Crippen LogP contribution >= 0.6 is 12.6 Å². The predicted molar refractivity (Wildman–Crippen MR) is 78.0 cm³/mol. The molecule has 0 radical (unpaired) electrons. The Morgan fingerprint density at radius 1 is 1.20 bits per heavy atom. The lowest BCUT2D eigenvalue weighted by atomic mass is 10.1. The van der Waals surface area contributed by atoms with E-state index in [1.807, 2.05) is 30.3 Å². The van der Waals surface area contributed by atoms with Crippen LogP contribution in [-0.2, 0) is 6.54 Å². The lowest BCUT2D eigenvalue weighted by Crippen LogP contribution is -2.23. The second kappa shape index (κ2) is 6.21. The number of benzene rings is 2. The number of hydrogen-bond donors (Lipinski definition) is 2. The SMILES string of the molecule is O=C(NCc1ccccc1)c1cc([N+](=O)[O-])ccc1S. The van der Waals surface area contributed by atoms with Gasteiger partial charge in [0.15, 0.2) is 0 Å². The minimum absolute atomic E-state index is 0.132. The van der Waals surface area contributed by atoms with Crippen molar-refractivity contribution < 1.29 is 9.72 Å². The van der Waals surface area contributed by atoms with Gasteiger partial charge in [0, 0.05) is 23.6 Å². The van der Waals surface area contributed by atoms with Crippen molar-refractivity contribution >= 4 is 24.2 Å². The highest BCUT2D eigenvalue weighted by molar-refractivity contribution is 7.80. The molecule has 0 aliphatic heterocycles. The summed E-state index contributed by atoms with van der Waals surface area (Å²) in [5.41, 5.74) is 1.01. The number of non-ortho nitro benzene ring substituents is 1. The molecule has 1 N–H and O–H groups in total. The molecule has 0 heterocycles. The van der Waals surface area contributed by atoms with Gasteiger partial charge in [-0.25, -0.2) is 0 Å². The largest absolute Gasteiger partial charge is 0.348 e. The zero-order chi connectivity index (χ0) is 14.5. The van der Waals surface area contributed by atoms with Crippen LogP contribution in [0.15, 0.2) is 53.4 Å². The second-order valence-electron chi connectivity index (χ2n) is 4.13. The summed E-state index contributed by atoms with van der Waals surface area (Å²) in [6.07, 6.45) is 0. The number of nitro groups is 1. The van der Waals surface area contributed by atoms with Crippen LogP contribution in [0, 0.1) is 10.1 Å². The molecule has 5 nitrogen and oxygen atoms in total. The van der Waals surface area contributed by atoms with E-state index >= 15 is 0 Å². The van der Waals surface area contributed by atoms with Gasteiger partial charge in [-0.3, -0.25) is 14.9 Å². The van der Waals surface area contributed by atoms with E-state index in [9.17, 15) is 14.9 Å². The highest BCUT2D eigenvalue weighted by Gasteiger charge is 2.14. The van der Waals surface area contributed by atoms with Crippen LogP contribution in [0.2, 0.25) is 0 Å². The highest BCUT2D eigenvalue weighted by Crippen LogP contribution is 2.20. The first kappa shape index (κ1) is 14.1. The van der Waals surface area contributed by atoms with Crippen LogP contribution in [0.5, 0.6) is 0 Å². The van der Waals surface area contributed by atoms with Crippen molar-refractivity contribution in [3.05, 3.63) is 69.8 Å². The molecule has 0 unspecified atom stereocenters. The maximum Gasteiger partial charge on any atom is 0.270 e. The highest BCUT2D eigenvalue weighted by atomic mass is 32.1. The summed E-state index contributed by atoms with van der Waals surface area (Å²) in [5.74, 6) is -0.387. The van der Waals surface area contributed by atoms with Crippen molar-refractivity contribution in [1.29, 1.82) is 0 Å². The molecule has 2 aromatic rings. The standard InChI is InChI=1S/C14H12N2O3S/c17-14(15-9-10-4-2-1-3-5-10)12-8-11(16(18)19)6-7-13(12)20/h1-8,20H,9H2,(H,15,17). The predicted octanol–water partition coefficient (Wildman–Crippen LogP) is 2.81. The van der Waals surface area contributed by atoms with Crippen LogP contribution in [0.3, 0.4) is 0 Å². The van der Waals surface area contributed by atoms with Gasteiger partial charge in [0.2, 0.25) is 0 Å². The average Bonchev–Trinajstić information content (AvgIpc) is 2.46. The van der Waals surface area contributed by atoms with Crippen molar-refractivity contribution in [3.63, 3.8) is 0 Å². The summed E-state index contributed by atoms with van der Waals surface area (Å²) in [6.45, 7) is 0.357. The van der Waals surface area contributed by atoms with Gasteiger partial charge in [-0.1, -0.05) is 30.3 Å². The number of nitrogens with one attached hydrogen (secondary N) is 1. The Morgan fingerprint density at radius 2 is 1.90 bits per heavy atom. The van der Waals surface area contributed by atoms with Gasteiger partial charge in [0.25, 0.3) is 11.6 Å². The van der Waals surface area contributed by atoms with E-state index in [1.54, 1.807) is 0 Å². The number of rotatable bonds is 4. The molecule has 102 valence electrons. The fraction of sp³-hybridized carbons (Fsp3) is 0.0714. The molecule has 0 atom stereocenters. The van der Waals surface area contributed by atoms with E-state index < -0.39 is 4.92 Å². The van der Waals surface area contributed by atoms with Crippen LogP contribution in [0.25, 0.3) is 0 Å². The number of thiol groups is 1. The first-order valence-corrected chi connectivity index (χ1v) is 6.32. The molecule has 0 saturated heterocycles. The third-order valence-corrected chi connectivity index (χ3v) is 3.12. The Morgan fingerprint density at radius 3 is 2.55 bits per heavy atom. The first-order valence-electron chi connectivity index (χ1n) is 5.87. The Labute approximate surface area is 121 Å². The molecule has 0 aliphatic carbocycles. The van der Waals surface area contributed by atoms with Gasteiger partial charge < -0.3 is 5.32 Å². The normalized spacial score (nSPS) is 10.1. The van der Waals surface area contributed by atoms with E-state index in [-0.39, 0.29) is 17.2 Å². The Hall–Kier alpha value is -2.34. The molecule has 20 heavy (non-hydrogen) atoms. The van der Waals surface area contributed by atoms with Gasteiger partial charge in [-0.05, 0) is 11.6 Å². The minimum atomic E-state index is -0.540. The number of hydrogen-bond acceptors (Lipinski definition) is 4. The number of carbonyl (C=O) groups excluding carboxylic acids is 1. The number of amides is 1. The maximum atomic E-state index is 12.0. The lowest BCUT2D eigenvalue weighted by molar-refractivity contribution is -0.384. The van der Waals surface area contributed by atoms with E-state index in [0.29, 0.717) is 11.4 Å². The second-order valence-corrected chi connectivity index (χ2v) is 4.61. The van der Waals surface area contributed by atoms with Gasteiger partial charge in [-0.2, -0.15) is 0 Å². The molecule has 6 heteroatoms. The number of carbonyl (C=O) groups is 1. The minimum Gasteiger partial charge on any atom is -0.348 e. The summed E-state index contributed by atoms with van der Waals surface area (Å²) in [5, 5.41) is 13.4. The molecular formula is C14H12N2O3S. The molecular weight excluding hydrogens is 276 g/mol. The van der Waals surface area contributed by atoms with Gasteiger partial charge in [-0.15, -0.1) is 12.6 Å². The average molecular weight is 288 g/mol. The third kappa shape index (κ3) is 3.36. The molecule has 0 spiro atoms. The van der Waals surface area contributed by atoms with Crippen molar-refractivity contribution in [2.45, 2.75) is 11.4 Å². The quantitative estimate of drug-likeness (QED) is 0.516. The lowest BCUT2D eigenvalue weighted by Gasteiger charge is -2.07. The molecule has 1 amide bonds. The first-order chi connectivity index (χ1) is 9.58. The van der Waals surface area contributed by atoms with Crippen molar-refractivity contribution in [2.75, 3.05) is 0 Å². The van der Waals surface area contributed by atoms with Crippen LogP contribution in [0.1, 0.15) is 15.9 Å². The van der Waals surface area contributed by atoms with E-state index in [2.05, 4.69) is 17.9 Å². The molecule has 2 rings (SSSR count). The molecule has 2 aromatic carbocycles. The van der Waals surface area contributed by atoms with Crippen LogP contribution in [-0.4, -0.2) is 10.8 Å². The summed E-state index contributed by atoms with van der Waals surface area (Å²) in [4.78, 5) is 22.6. The Bertz CT molecular complexity index is 644. The summed E-state index contributed by atoms with van der Waals surface area (Å²) >= 11 is 4.15. The summed E-state index contributed by atoms with van der Waals surface area (Å²) in [6, 6.07) is 13.4. The summed E-state index contributed by atoms with van der Waals surface area (Å²) < 4.78 is 0. The van der Waals surface area contributed by atoms with Crippen molar-refractivity contribution in [2.24, 2.45) is 0 Å². The summed E-state index contributed by atoms with van der Waals surface area (Å²) in [7, 11) is 0. The Balaban J connectivity index is 2.13. The maximum absolute atomic E-state index is 12.0. The molecule has 0 aliphatic rings. The molecule has 0 bridgehead atoms. The zero-order valence-electron chi connectivity index (χ0n) is 10.4. The zero-order valence-corrected chi connectivity index (χ0v) is 11.3. The third-order valence-electron chi connectivity index (χ3n) is 2.73. The number of nitro benzene ring substituents is 1. The fourth-order valence-electron chi connectivity index (χ4n) is 1.69. The van der Waals surface area contributed by atoms with Crippen molar-refractivity contribution in [1.82, 2.24) is 5.32 Å². The fourth-order valence-corrected chi connectivity index (χ4v) is 1.93. The topological polar surface area (TPSA) is 72.2 Å². The van der Waals surface area contributed by atoms with Crippen LogP contribution < -0.4 is 5.32 Å². The molecule has 0 saturated carbocycles. The van der Waals surface area contributed by atoms with Gasteiger partial charge in [0.05, 0.1) is 10.5 Å². The van der Waals surface area contributed by atoms with E-state index in [0.717, 1.165) is 5.56 Å². The Kier molecular flexibility index (Phi) is 4.37. The monoisotopic (exact) mass is 288 g/mol. The van der Waals surface area contributed by atoms with Crippen LogP contribution in [0.4, 0.5) is 5.69 Å². The van der Waals surface area contributed by atoms with Crippen molar-refractivity contribution in [3.8, 4) is 0 Å². The molecule has 0 fully saturated rings. The number of nitrogens with zero attached hydrogens (tertiary/aromatic N) is 1. The smallest absolute Gasteiger partial charge is 0.270 e.